The van der Waals surface area contributed by atoms with Gasteiger partial charge in [-0.05, 0) is 35.2 Å². The maximum atomic E-state index is 12.3. The standard InChI is InChI=1S/C19H20N4O2/c1-19(2,3)13-10-8-12(9-11-13)16(24)22-17(20)23-18-21-14-6-4-5-7-15(14)25-18/h4-11H,1-3H3,(H3,20,21,22,23,24)/p+1. The van der Waals surface area contributed by atoms with Gasteiger partial charge in [0.2, 0.25) is 0 Å². The Bertz CT molecular complexity index is 901. The van der Waals surface area contributed by atoms with Crippen molar-refractivity contribution in [1.29, 1.82) is 0 Å². The predicted molar refractivity (Wildman–Crippen MR) is 96.4 cm³/mol. The van der Waals surface area contributed by atoms with Crippen molar-refractivity contribution in [2.45, 2.75) is 26.2 Å². The summed E-state index contributed by atoms with van der Waals surface area (Å²) in [6.07, 6.45) is 0. The second-order valence-electron chi connectivity index (χ2n) is 6.81. The minimum Gasteiger partial charge on any atom is -0.404 e. The first kappa shape index (κ1) is 16.7. The van der Waals surface area contributed by atoms with Crippen molar-refractivity contribution in [2.24, 2.45) is 5.73 Å². The van der Waals surface area contributed by atoms with E-state index in [1.165, 1.54) is 0 Å². The summed E-state index contributed by atoms with van der Waals surface area (Å²) >= 11 is 0. The van der Waals surface area contributed by atoms with Crippen molar-refractivity contribution >= 4 is 29.0 Å². The first-order valence-electron chi connectivity index (χ1n) is 8.00. The smallest absolute Gasteiger partial charge is 0.404 e. The lowest BCUT2D eigenvalue weighted by Crippen LogP contribution is -2.74. The number of nitrogens with zero attached hydrogens (tertiary/aromatic N) is 1. The van der Waals surface area contributed by atoms with Crippen LogP contribution in [0.15, 0.2) is 52.9 Å². The van der Waals surface area contributed by atoms with E-state index in [0.717, 1.165) is 5.56 Å². The Morgan fingerprint density at radius 2 is 1.80 bits per heavy atom. The van der Waals surface area contributed by atoms with Gasteiger partial charge in [-0.15, -0.1) is 0 Å². The second-order valence-corrected chi connectivity index (χ2v) is 6.81. The summed E-state index contributed by atoms with van der Waals surface area (Å²) in [6.45, 7) is 6.37. The Balaban J connectivity index is 1.73. The zero-order valence-corrected chi connectivity index (χ0v) is 14.5. The molecule has 25 heavy (non-hydrogen) atoms. The van der Waals surface area contributed by atoms with E-state index in [-0.39, 0.29) is 23.3 Å². The highest BCUT2D eigenvalue weighted by atomic mass is 16.4. The van der Waals surface area contributed by atoms with Gasteiger partial charge in [0, 0.05) is 0 Å². The molecule has 1 aromatic heterocycles. The van der Waals surface area contributed by atoms with Gasteiger partial charge >= 0.3 is 12.0 Å². The summed E-state index contributed by atoms with van der Waals surface area (Å²) in [6, 6.07) is 15.0. The zero-order chi connectivity index (χ0) is 18.0. The number of hydrogen-bond donors (Lipinski definition) is 3. The molecule has 0 radical (unpaired) electrons. The van der Waals surface area contributed by atoms with Gasteiger partial charge in [0.05, 0.1) is 5.56 Å². The van der Waals surface area contributed by atoms with Crippen molar-refractivity contribution in [3.8, 4) is 0 Å². The molecule has 6 nitrogen and oxygen atoms in total. The molecular weight excluding hydrogens is 316 g/mol. The normalized spacial score (nSPS) is 12.4. The number of fused-ring (bicyclic) bond motifs is 1. The molecule has 0 saturated heterocycles. The summed E-state index contributed by atoms with van der Waals surface area (Å²) in [4.78, 5) is 19.3. The van der Waals surface area contributed by atoms with Gasteiger partial charge < -0.3 is 10.2 Å². The molecule has 3 rings (SSSR count). The molecule has 4 N–H and O–H groups in total. The summed E-state index contributed by atoms with van der Waals surface area (Å²) in [5.41, 5.74) is 8.91. The van der Waals surface area contributed by atoms with Crippen LogP contribution in [0.25, 0.3) is 11.1 Å². The van der Waals surface area contributed by atoms with Crippen molar-refractivity contribution in [1.82, 2.24) is 10.3 Å². The number of carbonyl (C=O) groups excluding carboxylic acids is 1. The molecule has 1 heterocycles. The van der Waals surface area contributed by atoms with E-state index >= 15 is 0 Å². The van der Waals surface area contributed by atoms with E-state index < -0.39 is 0 Å². The number of nitrogens with two attached hydrogens (primary N) is 1. The van der Waals surface area contributed by atoms with Crippen LogP contribution in [0.3, 0.4) is 0 Å². The fraction of sp³-hybridized carbons (Fsp3) is 0.211. The van der Waals surface area contributed by atoms with Gasteiger partial charge in [-0.3, -0.25) is 4.79 Å². The lowest BCUT2D eigenvalue weighted by atomic mass is 9.87. The predicted octanol–water partition coefficient (Wildman–Crippen LogP) is 1.58. The third-order valence-electron chi connectivity index (χ3n) is 3.80. The number of amides is 1. The van der Waals surface area contributed by atoms with E-state index in [1.54, 1.807) is 18.2 Å². The summed E-state index contributed by atoms with van der Waals surface area (Å²) < 4.78 is 5.50. The highest BCUT2D eigenvalue weighted by molar-refractivity contribution is 6.03. The minimum atomic E-state index is -0.304. The lowest BCUT2D eigenvalue weighted by Gasteiger charge is -2.18. The van der Waals surface area contributed by atoms with Crippen LogP contribution < -0.4 is 16.0 Å². The molecule has 0 atom stereocenters. The molecule has 1 amide bonds. The third-order valence-corrected chi connectivity index (χ3v) is 3.80. The summed E-state index contributed by atoms with van der Waals surface area (Å²) in [5, 5.41) is 2.59. The molecule has 0 spiro atoms. The summed E-state index contributed by atoms with van der Waals surface area (Å²) in [5.74, 6) is -0.252. The molecule has 128 valence electrons. The van der Waals surface area contributed by atoms with Crippen molar-refractivity contribution < 1.29 is 14.2 Å². The highest BCUT2D eigenvalue weighted by Crippen LogP contribution is 2.22. The topological polar surface area (TPSA) is 95.1 Å². The number of rotatable bonds is 2. The number of aromatic nitrogens is 1. The van der Waals surface area contributed by atoms with E-state index in [4.69, 9.17) is 10.2 Å². The second kappa shape index (κ2) is 6.39. The van der Waals surface area contributed by atoms with Crippen molar-refractivity contribution in [3.63, 3.8) is 0 Å². The number of benzene rings is 2. The zero-order valence-electron chi connectivity index (χ0n) is 14.5. The molecule has 0 aliphatic carbocycles. The van der Waals surface area contributed by atoms with E-state index in [0.29, 0.717) is 16.7 Å². The molecule has 0 bridgehead atoms. The van der Waals surface area contributed by atoms with Crippen LogP contribution in [-0.4, -0.2) is 16.9 Å². The van der Waals surface area contributed by atoms with Crippen LogP contribution in [-0.2, 0) is 5.41 Å². The number of oxazole rings is 1. The molecule has 6 heteroatoms. The lowest BCUT2D eigenvalue weighted by molar-refractivity contribution is -0.381. The summed E-state index contributed by atoms with van der Waals surface area (Å²) in [7, 11) is 0. The largest absolute Gasteiger partial charge is 0.406 e. The SMILES string of the molecule is CC(C)(C)c1ccc(C(=O)NC(N)=[NH+]c2nc3ccccc3o2)cc1. The minimum absolute atomic E-state index is 0.0364. The van der Waals surface area contributed by atoms with Gasteiger partial charge in [0.15, 0.2) is 11.1 Å². The quantitative estimate of drug-likeness (QED) is 0.489. The van der Waals surface area contributed by atoms with Crippen LogP contribution in [0.5, 0.6) is 0 Å². The molecule has 3 aromatic rings. The first-order valence-corrected chi connectivity index (χ1v) is 8.00. The van der Waals surface area contributed by atoms with E-state index in [1.807, 2.05) is 30.3 Å². The van der Waals surface area contributed by atoms with Crippen LogP contribution in [0.2, 0.25) is 0 Å². The van der Waals surface area contributed by atoms with Crippen LogP contribution in [0.4, 0.5) is 6.01 Å². The Morgan fingerprint density at radius 1 is 1.12 bits per heavy atom. The Kier molecular flexibility index (Phi) is 4.27. The Morgan fingerprint density at radius 3 is 2.44 bits per heavy atom. The van der Waals surface area contributed by atoms with Crippen molar-refractivity contribution in [2.75, 3.05) is 0 Å². The molecule has 0 unspecified atom stereocenters. The Labute approximate surface area is 145 Å². The van der Waals surface area contributed by atoms with E-state index in [9.17, 15) is 4.79 Å². The number of hydrogen-bond acceptors (Lipinski definition) is 3. The Hall–Kier alpha value is -3.15. The molecule has 0 fully saturated rings. The highest BCUT2D eigenvalue weighted by Gasteiger charge is 2.16. The molecular formula is C19H21N4O2+. The van der Waals surface area contributed by atoms with Crippen LogP contribution in [0.1, 0.15) is 36.7 Å². The van der Waals surface area contributed by atoms with Crippen LogP contribution >= 0.6 is 0 Å². The van der Waals surface area contributed by atoms with Gasteiger partial charge in [0.25, 0.3) is 5.91 Å². The maximum absolute atomic E-state index is 12.3. The van der Waals surface area contributed by atoms with Gasteiger partial charge in [-0.25, -0.2) is 10.3 Å². The van der Waals surface area contributed by atoms with Gasteiger partial charge in [-0.2, -0.15) is 0 Å². The van der Waals surface area contributed by atoms with E-state index in [2.05, 4.69) is 36.1 Å². The first-order chi connectivity index (χ1) is 11.8. The maximum Gasteiger partial charge on any atom is 0.406 e. The van der Waals surface area contributed by atoms with Gasteiger partial charge in [0.1, 0.15) is 0 Å². The van der Waals surface area contributed by atoms with Crippen molar-refractivity contribution in [3.05, 3.63) is 59.7 Å². The fourth-order valence-corrected chi connectivity index (χ4v) is 2.39. The fourth-order valence-electron chi connectivity index (χ4n) is 2.39. The average Bonchev–Trinajstić information content (AvgIpc) is 2.96. The molecule has 0 aliphatic rings. The average molecular weight is 337 g/mol. The molecule has 2 aromatic carbocycles. The van der Waals surface area contributed by atoms with Gasteiger partial charge in [-0.1, -0.05) is 50.0 Å². The number of nitrogens with one attached hydrogen (secondary N) is 2. The number of carbonyl (C=O) groups is 1. The number of guanidine groups is 1. The monoisotopic (exact) mass is 337 g/mol. The third kappa shape index (κ3) is 3.85. The number of para-hydroxylation sites is 2. The molecule has 0 saturated carbocycles. The van der Waals surface area contributed by atoms with Crippen LogP contribution in [0, 0.1) is 0 Å². The molecule has 0 aliphatic heterocycles.